The van der Waals surface area contributed by atoms with Crippen LogP contribution in [0.1, 0.15) is 31.7 Å². The summed E-state index contributed by atoms with van der Waals surface area (Å²) >= 11 is 0. The Bertz CT molecular complexity index is 554. The van der Waals surface area contributed by atoms with E-state index in [1.165, 1.54) is 5.56 Å². The van der Waals surface area contributed by atoms with Crippen LogP contribution in [0.4, 0.5) is 5.82 Å². The fourth-order valence-corrected chi connectivity index (χ4v) is 1.85. The average molecular weight is 272 g/mol. The minimum atomic E-state index is 0.501. The number of nitrogens with zero attached hydrogens (tertiary/aromatic N) is 2. The Labute approximate surface area is 119 Å². The quantitative estimate of drug-likeness (QED) is 0.624. The summed E-state index contributed by atoms with van der Waals surface area (Å²) in [7, 11) is 0. The summed E-state index contributed by atoms with van der Waals surface area (Å²) in [4.78, 5) is 8.66. The van der Waals surface area contributed by atoms with Gasteiger partial charge in [0, 0.05) is 12.5 Å². The molecule has 0 aliphatic carbocycles. The SMILES string of the molecule is CCCc1nc(NN)cc(Oc2ccc(CC)cc2)n1. The van der Waals surface area contributed by atoms with Crippen molar-refractivity contribution in [3.05, 3.63) is 41.7 Å². The van der Waals surface area contributed by atoms with Gasteiger partial charge in [0.15, 0.2) is 0 Å². The first-order chi connectivity index (χ1) is 9.75. The molecule has 0 bridgehead atoms. The molecule has 0 saturated heterocycles. The lowest BCUT2D eigenvalue weighted by atomic mass is 10.2. The van der Waals surface area contributed by atoms with E-state index in [9.17, 15) is 0 Å². The standard InChI is InChI=1S/C15H20N4O/c1-3-5-13-17-14(19-16)10-15(18-13)20-12-8-6-11(4-2)7-9-12/h6-10H,3-5,16H2,1-2H3,(H,17,18,19). The molecular formula is C15H20N4O. The van der Waals surface area contributed by atoms with Crippen molar-refractivity contribution < 1.29 is 4.74 Å². The van der Waals surface area contributed by atoms with Gasteiger partial charge in [-0.1, -0.05) is 26.0 Å². The number of anilines is 1. The van der Waals surface area contributed by atoms with Crippen molar-refractivity contribution in [2.45, 2.75) is 33.1 Å². The molecule has 5 heteroatoms. The number of hydrazine groups is 1. The first-order valence-electron chi connectivity index (χ1n) is 6.86. The topological polar surface area (TPSA) is 73.1 Å². The molecule has 0 radical (unpaired) electrons. The Balaban J connectivity index is 2.20. The Kier molecular flexibility index (Phi) is 4.90. The van der Waals surface area contributed by atoms with Crippen LogP contribution in [-0.4, -0.2) is 9.97 Å². The number of nitrogens with two attached hydrogens (primary N) is 1. The number of benzene rings is 1. The van der Waals surface area contributed by atoms with Gasteiger partial charge in [0.05, 0.1) is 0 Å². The van der Waals surface area contributed by atoms with Gasteiger partial charge in [-0.15, -0.1) is 0 Å². The number of hydrogen-bond donors (Lipinski definition) is 2. The summed E-state index contributed by atoms with van der Waals surface area (Å²) < 4.78 is 5.76. The van der Waals surface area contributed by atoms with Crippen LogP contribution in [0.2, 0.25) is 0 Å². The molecule has 0 spiro atoms. The Morgan fingerprint density at radius 3 is 2.50 bits per heavy atom. The molecule has 0 amide bonds. The van der Waals surface area contributed by atoms with E-state index in [4.69, 9.17) is 10.6 Å². The van der Waals surface area contributed by atoms with Crippen LogP contribution in [0.15, 0.2) is 30.3 Å². The van der Waals surface area contributed by atoms with Gasteiger partial charge < -0.3 is 10.2 Å². The Morgan fingerprint density at radius 1 is 1.15 bits per heavy atom. The first kappa shape index (κ1) is 14.3. The van der Waals surface area contributed by atoms with Gasteiger partial charge in [0.1, 0.15) is 17.4 Å². The van der Waals surface area contributed by atoms with Crippen LogP contribution in [0.25, 0.3) is 0 Å². The van der Waals surface area contributed by atoms with Crippen LogP contribution < -0.4 is 16.0 Å². The molecule has 2 rings (SSSR count). The summed E-state index contributed by atoms with van der Waals surface area (Å²) in [6.07, 6.45) is 2.77. The Morgan fingerprint density at radius 2 is 1.90 bits per heavy atom. The molecule has 0 atom stereocenters. The maximum absolute atomic E-state index is 5.76. The zero-order valence-electron chi connectivity index (χ0n) is 11.9. The van der Waals surface area contributed by atoms with Gasteiger partial charge in [-0.3, -0.25) is 0 Å². The molecule has 106 valence electrons. The van der Waals surface area contributed by atoms with Crippen molar-refractivity contribution in [1.29, 1.82) is 0 Å². The number of hydrogen-bond acceptors (Lipinski definition) is 5. The molecule has 20 heavy (non-hydrogen) atoms. The highest BCUT2D eigenvalue weighted by Gasteiger charge is 2.06. The van der Waals surface area contributed by atoms with Crippen molar-refractivity contribution in [3.63, 3.8) is 0 Å². The molecule has 2 aromatic rings. The largest absolute Gasteiger partial charge is 0.439 e. The molecular weight excluding hydrogens is 252 g/mol. The van der Waals surface area contributed by atoms with Crippen LogP contribution in [0.5, 0.6) is 11.6 Å². The third-order valence-electron chi connectivity index (χ3n) is 2.92. The fraction of sp³-hybridized carbons (Fsp3) is 0.333. The maximum Gasteiger partial charge on any atom is 0.224 e. The highest BCUT2D eigenvalue weighted by atomic mass is 16.5. The minimum absolute atomic E-state index is 0.501. The molecule has 0 aliphatic rings. The van der Waals surface area contributed by atoms with E-state index < -0.39 is 0 Å². The number of nitrogen functional groups attached to an aromatic ring is 1. The zero-order chi connectivity index (χ0) is 14.4. The van der Waals surface area contributed by atoms with Gasteiger partial charge >= 0.3 is 0 Å². The molecule has 0 fully saturated rings. The Hall–Kier alpha value is -2.14. The second-order valence-corrected chi connectivity index (χ2v) is 4.50. The van der Waals surface area contributed by atoms with Crippen LogP contribution in [0.3, 0.4) is 0 Å². The molecule has 1 heterocycles. The molecule has 1 aromatic carbocycles. The highest BCUT2D eigenvalue weighted by Crippen LogP contribution is 2.22. The van der Waals surface area contributed by atoms with Crippen molar-refractivity contribution in [3.8, 4) is 11.6 Å². The van der Waals surface area contributed by atoms with Gasteiger partial charge in [-0.25, -0.2) is 10.8 Å². The fourth-order valence-electron chi connectivity index (χ4n) is 1.85. The predicted octanol–water partition coefficient (Wildman–Crippen LogP) is 3.07. The molecule has 5 nitrogen and oxygen atoms in total. The van der Waals surface area contributed by atoms with E-state index in [2.05, 4.69) is 29.2 Å². The molecule has 3 N–H and O–H groups in total. The lowest BCUT2D eigenvalue weighted by Gasteiger charge is -2.09. The van der Waals surface area contributed by atoms with Crippen molar-refractivity contribution in [2.75, 3.05) is 5.43 Å². The predicted molar refractivity (Wildman–Crippen MR) is 79.7 cm³/mol. The summed E-state index contributed by atoms with van der Waals surface area (Å²) in [5, 5.41) is 0. The highest BCUT2D eigenvalue weighted by molar-refractivity contribution is 5.39. The normalized spacial score (nSPS) is 10.3. The monoisotopic (exact) mass is 272 g/mol. The summed E-state index contributed by atoms with van der Waals surface area (Å²) in [5.41, 5.74) is 3.81. The number of aromatic nitrogens is 2. The van der Waals surface area contributed by atoms with Gasteiger partial charge in [-0.05, 0) is 30.5 Å². The third kappa shape index (κ3) is 3.68. The second kappa shape index (κ2) is 6.86. The van der Waals surface area contributed by atoms with Gasteiger partial charge in [0.2, 0.25) is 5.88 Å². The van der Waals surface area contributed by atoms with Gasteiger partial charge in [-0.2, -0.15) is 4.98 Å². The number of nitrogens with one attached hydrogen (secondary N) is 1. The number of rotatable bonds is 6. The van der Waals surface area contributed by atoms with Crippen molar-refractivity contribution in [2.24, 2.45) is 5.84 Å². The van der Waals surface area contributed by atoms with E-state index in [1.807, 2.05) is 24.3 Å². The van der Waals surface area contributed by atoms with Crippen molar-refractivity contribution >= 4 is 5.82 Å². The zero-order valence-corrected chi connectivity index (χ0v) is 11.9. The summed E-state index contributed by atoms with van der Waals surface area (Å²) in [6.45, 7) is 4.20. The number of ether oxygens (including phenoxy) is 1. The second-order valence-electron chi connectivity index (χ2n) is 4.50. The first-order valence-corrected chi connectivity index (χ1v) is 6.86. The van der Waals surface area contributed by atoms with Gasteiger partial charge in [0.25, 0.3) is 0 Å². The number of aryl methyl sites for hydroxylation is 2. The third-order valence-corrected chi connectivity index (χ3v) is 2.92. The summed E-state index contributed by atoms with van der Waals surface area (Å²) in [6, 6.07) is 9.66. The lowest BCUT2D eigenvalue weighted by molar-refractivity contribution is 0.458. The molecule has 0 saturated carbocycles. The van der Waals surface area contributed by atoms with E-state index in [-0.39, 0.29) is 0 Å². The van der Waals surface area contributed by atoms with Crippen LogP contribution in [-0.2, 0) is 12.8 Å². The van der Waals surface area contributed by atoms with E-state index in [1.54, 1.807) is 6.07 Å². The summed E-state index contributed by atoms with van der Waals surface area (Å²) in [5.74, 6) is 7.96. The maximum atomic E-state index is 5.76. The lowest BCUT2D eigenvalue weighted by Crippen LogP contribution is -2.10. The minimum Gasteiger partial charge on any atom is -0.439 e. The molecule has 0 unspecified atom stereocenters. The van der Waals surface area contributed by atoms with E-state index in [0.717, 1.165) is 30.8 Å². The van der Waals surface area contributed by atoms with Crippen LogP contribution in [0, 0.1) is 0 Å². The van der Waals surface area contributed by atoms with Crippen molar-refractivity contribution in [1.82, 2.24) is 9.97 Å². The van der Waals surface area contributed by atoms with Crippen LogP contribution >= 0.6 is 0 Å². The average Bonchev–Trinajstić information content (AvgIpc) is 2.48. The van der Waals surface area contributed by atoms with E-state index >= 15 is 0 Å². The smallest absolute Gasteiger partial charge is 0.224 e. The van der Waals surface area contributed by atoms with E-state index in [0.29, 0.717) is 11.7 Å². The molecule has 1 aromatic heterocycles. The molecule has 0 aliphatic heterocycles.